The van der Waals surface area contributed by atoms with Crippen LogP contribution in [0.5, 0.6) is 11.5 Å². The molecule has 2 aromatic rings. The van der Waals surface area contributed by atoms with Gasteiger partial charge in [-0.05, 0) is 50.2 Å². The number of hydrogen-bond acceptors (Lipinski definition) is 6. The highest BCUT2D eigenvalue weighted by atomic mass is 16.6. The summed E-state index contributed by atoms with van der Waals surface area (Å²) in [6.45, 7) is 4.02. The molecule has 0 spiro atoms. The summed E-state index contributed by atoms with van der Waals surface area (Å²) in [5.74, 6) is 0.862. The lowest BCUT2D eigenvalue weighted by Gasteiger charge is -2.11. The molecule has 1 atom stereocenters. The fraction of sp³-hybridized carbons (Fsp3) is 0.250. The highest BCUT2D eigenvalue weighted by Crippen LogP contribution is 2.27. The molecule has 2 rings (SSSR count). The molecule has 0 heterocycles. The van der Waals surface area contributed by atoms with Crippen molar-refractivity contribution in [2.75, 3.05) is 19.0 Å². The van der Waals surface area contributed by atoms with E-state index in [1.165, 1.54) is 6.21 Å². The third kappa shape index (κ3) is 5.75. The molecule has 0 saturated heterocycles. The Balaban J connectivity index is 1.94. The van der Waals surface area contributed by atoms with Gasteiger partial charge in [0.1, 0.15) is 0 Å². The molecule has 0 bridgehead atoms. The maximum absolute atomic E-state index is 12.1. The van der Waals surface area contributed by atoms with Crippen molar-refractivity contribution in [3.8, 4) is 17.6 Å². The molecule has 0 aliphatic heterocycles. The number of oxime groups is 1. The molecular weight excluding hydrogens is 346 g/mol. The number of nitrogens with one attached hydrogen (secondary N) is 1. The molecule has 2 aromatic carbocycles. The molecule has 1 amide bonds. The molecule has 140 valence electrons. The summed E-state index contributed by atoms with van der Waals surface area (Å²) in [6.07, 6.45) is 0.676. The molecule has 0 aliphatic rings. The summed E-state index contributed by atoms with van der Waals surface area (Å²) in [5.41, 5.74) is 1.73. The van der Waals surface area contributed by atoms with Crippen molar-refractivity contribution in [3.05, 3.63) is 53.6 Å². The van der Waals surface area contributed by atoms with Gasteiger partial charge >= 0.3 is 0 Å². The number of carbonyl (C=O) groups excluding carboxylic acids is 1. The lowest BCUT2D eigenvalue weighted by molar-refractivity contribution is -0.126. The Morgan fingerprint density at radius 2 is 2.11 bits per heavy atom. The highest BCUT2D eigenvalue weighted by molar-refractivity contribution is 5.94. The van der Waals surface area contributed by atoms with E-state index in [1.54, 1.807) is 56.5 Å². The maximum atomic E-state index is 12.1. The molecule has 7 heteroatoms. The van der Waals surface area contributed by atoms with Crippen molar-refractivity contribution in [1.29, 1.82) is 5.26 Å². The number of ether oxygens (including phenoxy) is 2. The van der Waals surface area contributed by atoms with Crippen LogP contribution in [0.3, 0.4) is 0 Å². The average Bonchev–Trinajstić information content (AvgIpc) is 2.69. The van der Waals surface area contributed by atoms with Gasteiger partial charge in [-0.3, -0.25) is 4.79 Å². The van der Waals surface area contributed by atoms with Crippen molar-refractivity contribution in [3.63, 3.8) is 0 Å². The van der Waals surface area contributed by atoms with Crippen molar-refractivity contribution >= 4 is 17.8 Å². The van der Waals surface area contributed by atoms with Crippen molar-refractivity contribution in [2.45, 2.75) is 20.0 Å². The largest absolute Gasteiger partial charge is 0.493 e. The predicted molar refractivity (Wildman–Crippen MR) is 102 cm³/mol. The average molecular weight is 367 g/mol. The van der Waals surface area contributed by atoms with Gasteiger partial charge in [0.2, 0.25) is 6.10 Å². The fourth-order valence-electron chi connectivity index (χ4n) is 2.18. The van der Waals surface area contributed by atoms with Crippen LogP contribution in [0.1, 0.15) is 25.0 Å². The summed E-state index contributed by atoms with van der Waals surface area (Å²) in [7, 11) is 1.56. The highest BCUT2D eigenvalue weighted by Gasteiger charge is 2.14. The zero-order valence-electron chi connectivity index (χ0n) is 15.4. The van der Waals surface area contributed by atoms with Crippen LogP contribution in [0.4, 0.5) is 5.69 Å². The summed E-state index contributed by atoms with van der Waals surface area (Å²) in [5, 5.41) is 15.4. The first-order chi connectivity index (χ1) is 13.1. The van der Waals surface area contributed by atoms with E-state index in [9.17, 15) is 4.79 Å². The standard InChI is InChI=1S/C20H21N3O4/c1-4-26-18-9-8-16(11-19(18)25-3)13-22-27-14(2)20(24)23-17-7-5-6-15(10-17)12-21/h5-11,13-14H,4H2,1-3H3,(H,23,24)/b22-13-/t14-/m0/s1. The van der Waals surface area contributed by atoms with E-state index >= 15 is 0 Å². The van der Waals surface area contributed by atoms with Gasteiger partial charge in [-0.25, -0.2) is 0 Å². The van der Waals surface area contributed by atoms with Gasteiger partial charge in [-0.2, -0.15) is 5.26 Å². The van der Waals surface area contributed by atoms with E-state index < -0.39 is 6.10 Å². The van der Waals surface area contributed by atoms with Crippen LogP contribution in [0.25, 0.3) is 0 Å². The molecule has 0 unspecified atom stereocenters. The van der Waals surface area contributed by atoms with E-state index in [0.29, 0.717) is 29.4 Å². The molecule has 0 radical (unpaired) electrons. The first-order valence-electron chi connectivity index (χ1n) is 8.38. The first kappa shape index (κ1) is 19.8. The molecule has 0 saturated carbocycles. The van der Waals surface area contributed by atoms with Crippen molar-refractivity contribution in [2.24, 2.45) is 5.16 Å². The van der Waals surface area contributed by atoms with E-state index in [0.717, 1.165) is 5.56 Å². The normalized spacial score (nSPS) is 11.5. The Morgan fingerprint density at radius 3 is 2.81 bits per heavy atom. The number of nitriles is 1. The summed E-state index contributed by atoms with van der Waals surface area (Å²) in [4.78, 5) is 17.4. The Kier molecular flexibility index (Phi) is 7.20. The van der Waals surface area contributed by atoms with Crippen LogP contribution < -0.4 is 14.8 Å². The number of amides is 1. The molecular formula is C20H21N3O4. The monoisotopic (exact) mass is 367 g/mol. The first-order valence-corrected chi connectivity index (χ1v) is 8.38. The van der Waals surface area contributed by atoms with Crippen LogP contribution in [-0.4, -0.2) is 31.9 Å². The van der Waals surface area contributed by atoms with Crippen LogP contribution in [0.2, 0.25) is 0 Å². The van der Waals surface area contributed by atoms with Crippen LogP contribution in [-0.2, 0) is 9.63 Å². The summed E-state index contributed by atoms with van der Waals surface area (Å²) >= 11 is 0. The maximum Gasteiger partial charge on any atom is 0.267 e. The van der Waals surface area contributed by atoms with Crippen molar-refractivity contribution in [1.82, 2.24) is 0 Å². The number of anilines is 1. The zero-order valence-corrected chi connectivity index (χ0v) is 15.4. The van der Waals surface area contributed by atoms with E-state index in [4.69, 9.17) is 19.6 Å². The predicted octanol–water partition coefficient (Wildman–Crippen LogP) is 3.34. The van der Waals surface area contributed by atoms with Gasteiger partial charge in [0.15, 0.2) is 11.5 Å². The van der Waals surface area contributed by atoms with Crippen LogP contribution in [0.15, 0.2) is 47.6 Å². The summed E-state index contributed by atoms with van der Waals surface area (Å²) < 4.78 is 10.7. The Bertz CT molecular complexity index is 859. The van der Waals surface area contributed by atoms with E-state index in [-0.39, 0.29) is 5.91 Å². The number of rotatable bonds is 8. The Hall–Kier alpha value is -3.53. The van der Waals surface area contributed by atoms with Gasteiger partial charge in [-0.15, -0.1) is 0 Å². The third-order valence-electron chi connectivity index (χ3n) is 3.54. The second-order valence-electron chi connectivity index (χ2n) is 5.51. The smallest absolute Gasteiger partial charge is 0.267 e. The second-order valence-corrected chi connectivity index (χ2v) is 5.51. The molecule has 0 fully saturated rings. The minimum Gasteiger partial charge on any atom is -0.493 e. The molecule has 0 aromatic heterocycles. The van der Waals surface area contributed by atoms with Gasteiger partial charge in [0.25, 0.3) is 5.91 Å². The summed E-state index contributed by atoms with van der Waals surface area (Å²) in [6, 6.07) is 14.0. The minimum atomic E-state index is -0.809. The lowest BCUT2D eigenvalue weighted by atomic mass is 10.2. The Morgan fingerprint density at radius 1 is 1.30 bits per heavy atom. The number of benzene rings is 2. The third-order valence-corrected chi connectivity index (χ3v) is 3.54. The van der Waals surface area contributed by atoms with Crippen molar-refractivity contribution < 1.29 is 19.1 Å². The van der Waals surface area contributed by atoms with Gasteiger partial charge in [0, 0.05) is 11.3 Å². The van der Waals surface area contributed by atoms with Crippen LogP contribution >= 0.6 is 0 Å². The quantitative estimate of drug-likeness (QED) is 0.570. The van der Waals surface area contributed by atoms with Gasteiger partial charge < -0.3 is 19.6 Å². The number of methoxy groups -OCH3 is 1. The second kappa shape index (κ2) is 9.82. The number of nitrogens with zero attached hydrogens (tertiary/aromatic N) is 2. The minimum absolute atomic E-state index is 0.369. The Labute approximate surface area is 158 Å². The lowest BCUT2D eigenvalue weighted by Crippen LogP contribution is -2.26. The van der Waals surface area contributed by atoms with Gasteiger partial charge in [0.05, 0.1) is 31.6 Å². The van der Waals surface area contributed by atoms with Crippen LogP contribution in [0, 0.1) is 11.3 Å². The number of hydrogen-bond donors (Lipinski definition) is 1. The number of carbonyl (C=O) groups is 1. The fourth-order valence-corrected chi connectivity index (χ4v) is 2.18. The van der Waals surface area contributed by atoms with E-state index in [1.807, 2.05) is 13.0 Å². The molecule has 1 N–H and O–H groups in total. The topological polar surface area (TPSA) is 92.9 Å². The molecule has 27 heavy (non-hydrogen) atoms. The van der Waals surface area contributed by atoms with E-state index in [2.05, 4.69) is 10.5 Å². The molecule has 0 aliphatic carbocycles. The SMILES string of the molecule is CCOc1ccc(/C=N\O[C@@H](C)C(=O)Nc2cccc(C#N)c2)cc1OC. The zero-order chi connectivity index (χ0) is 19.6. The molecule has 7 nitrogen and oxygen atoms in total. The van der Waals surface area contributed by atoms with Gasteiger partial charge in [-0.1, -0.05) is 11.2 Å².